The van der Waals surface area contributed by atoms with Crippen molar-refractivity contribution in [3.63, 3.8) is 0 Å². The van der Waals surface area contributed by atoms with Crippen molar-refractivity contribution >= 4 is 28.7 Å². The molecule has 1 N–H and O–H groups in total. The van der Waals surface area contributed by atoms with E-state index in [-0.39, 0.29) is 18.2 Å². The molecular weight excluding hydrogens is 414 g/mol. The van der Waals surface area contributed by atoms with Crippen LogP contribution in [0.1, 0.15) is 24.5 Å². The molecule has 1 fully saturated rings. The van der Waals surface area contributed by atoms with Gasteiger partial charge in [0.25, 0.3) is 0 Å². The number of ether oxygens (including phenoxy) is 2. The average molecular weight is 442 g/mol. The highest BCUT2D eigenvalue weighted by Crippen LogP contribution is 2.31. The maximum Gasteiger partial charge on any atom is 0.242 e. The number of carbonyl (C=O) groups is 2. The van der Waals surface area contributed by atoms with Gasteiger partial charge < -0.3 is 14.8 Å². The summed E-state index contributed by atoms with van der Waals surface area (Å²) in [6, 6.07) is 15.2. The maximum absolute atomic E-state index is 13.1. The van der Waals surface area contributed by atoms with Gasteiger partial charge in [-0.1, -0.05) is 36.0 Å². The molecule has 0 spiro atoms. The molecule has 1 heterocycles. The lowest BCUT2D eigenvalue weighted by molar-refractivity contribution is -0.129. The van der Waals surface area contributed by atoms with Gasteiger partial charge in [0.1, 0.15) is 16.7 Å². The van der Waals surface area contributed by atoms with Crippen LogP contribution in [-0.2, 0) is 22.7 Å². The van der Waals surface area contributed by atoms with Crippen LogP contribution in [0.3, 0.4) is 0 Å². The number of aliphatic imine (C=N–C) groups is 1. The number of nitrogens with one attached hydrogen (secondary N) is 1. The molecule has 0 aliphatic carbocycles. The maximum atomic E-state index is 13.1. The number of amides is 2. The topological polar surface area (TPSA) is 80.2 Å². The van der Waals surface area contributed by atoms with Crippen molar-refractivity contribution in [1.29, 1.82) is 0 Å². The molecule has 0 radical (unpaired) electrons. The molecule has 8 heteroatoms. The normalized spacial score (nSPS) is 17.1. The zero-order valence-corrected chi connectivity index (χ0v) is 18.8. The molecular formula is C23H27N3O4S. The van der Waals surface area contributed by atoms with Gasteiger partial charge in [0, 0.05) is 13.0 Å². The van der Waals surface area contributed by atoms with Crippen LogP contribution in [0.2, 0.25) is 0 Å². The smallest absolute Gasteiger partial charge is 0.242 e. The van der Waals surface area contributed by atoms with E-state index in [2.05, 4.69) is 5.32 Å². The molecule has 1 unspecified atom stereocenters. The zero-order valence-electron chi connectivity index (χ0n) is 18.0. The Hall–Kier alpha value is -3.00. The first kappa shape index (κ1) is 22.7. The fraction of sp³-hybridized carbons (Fsp3) is 0.348. The summed E-state index contributed by atoms with van der Waals surface area (Å²) >= 11 is 1.35. The summed E-state index contributed by atoms with van der Waals surface area (Å²) in [7, 11) is 3.24. The van der Waals surface area contributed by atoms with E-state index in [1.165, 1.54) is 11.8 Å². The van der Waals surface area contributed by atoms with Gasteiger partial charge in [-0.2, -0.15) is 0 Å². The number of methoxy groups -OCH3 is 2. The highest BCUT2D eigenvalue weighted by atomic mass is 32.2. The van der Waals surface area contributed by atoms with Gasteiger partial charge in [0.2, 0.25) is 11.8 Å². The molecule has 1 atom stereocenters. The minimum atomic E-state index is -0.473. The van der Waals surface area contributed by atoms with Crippen LogP contribution in [0.15, 0.2) is 53.5 Å². The Morgan fingerprint density at radius 2 is 1.61 bits per heavy atom. The van der Waals surface area contributed by atoms with Crippen molar-refractivity contribution in [2.24, 2.45) is 4.99 Å². The van der Waals surface area contributed by atoms with E-state index in [1.54, 1.807) is 19.1 Å². The quantitative estimate of drug-likeness (QED) is 0.646. The number of nitrogens with zero attached hydrogens (tertiary/aromatic N) is 2. The second-order valence-corrected chi connectivity index (χ2v) is 8.15. The summed E-state index contributed by atoms with van der Waals surface area (Å²) in [5, 5.41) is 2.92. The van der Waals surface area contributed by atoms with E-state index in [1.807, 2.05) is 55.5 Å². The Morgan fingerprint density at radius 3 is 2.16 bits per heavy atom. The van der Waals surface area contributed by atoms with E-state index in [9.17, 15) is 9.59 Å². The number of carbonyl (C=O) groups excluding carboxylic acids is 2. The fourth-order valence-electron chi connectivity index (χ4n) is 3.15. The lowest BCUT2D eigenvalue weighted by Crippen LogP contribution is -2.34. The molecule has 7 nitrogen and oxygen atoms in total. The van der Waals surface area contributed by atoms with E-state index >= 15 is 0 Å². The summed E-state index contributed by atoms with van der Waals surface area (Å²) < 4.78 is 10.4. The van der Waals surface area contributed by atoms with E-state index in [0.29, 0.717) is 24.8 Å². The molecule has 2 aromatic rings. The van der Waals surface area contributed by atoms with Gasteiger partial charge in [-0.25, -0.2) is 0 Å². The van der Waals surface area contributed by atoms with Crippen molar-refractivity contribution in [3.05, 3.63) is 59.7 Å². The molecule has 31 heavy (non-hydrogen) atoms. The van der Waals surface area contributed by atoms with Gasteiger partial charge >= 0.3 is 0 Å². The predicted molar refractivity (Wildman–Crippen MR) is 122 cm³/mol. The highest BCUT2D eigenvalue weighted by Gasteiger charge is 2.38. The standard InChI is InChI=1S/C23H27N3O4S/c1-4-24-21(27)13-20-22(28)26(15-17-7-11-19(30-3)12-8-17)23(31-20)25-14-16-5-9-18(29-2)10-6-16/h5-12,20H,4,13-15H2,1-3H3,(H,24,27). The fourth-order valence-corrected chi connectivity index (χ4v) is 4.29. The third kappa shape index (κ3) is 6.01. The van der Waals surface area contributed by atoms with Crippen molar-refractivity contribution in [1.82, 2.24) is 10.2 Å². The number of hydrogen-bond acceptors (Lipinski definition) is 6. The SMILES string of the molecule is CCNC(=O)CC1SC(=NCc2ccc(OC)cc2)N(Cc2ccc(OC)cc2)C1=O. The lowest BCUT2D eigenvalue weighted by Gasteiger charge is -2.17. The van der Waals surface area contributed by atoms with Crippen LogP contribution in [0.4, 0.5) is 0 Å². The first-order chi connectivity index (χ1) is 15.0. The Balaban J connectivity index is 1.78. The van der Waals surface area contributed by atoms with E-state index in [4.69, 9.17) is 14.5 Å². The summed E-state index contributed by atoms with van der Waals surface area (Å²) in [5.41, 5.74) is 1.98. The molecule has 3 rings (SSSR count). The minimum Gasteiger partial charge on any atom is -0.497 e. The highest BCUT2D eigenvalue weighted by molar-refractivity contribution is 8.15. The second kappa shape index (κ2) is 10.9. The van der Waals surface area contributed by atoms with Gasteiger partial charge in [-0.15, -0.1) is 0 Å². The van der Waals surface area contributed by atoms with Crippen LogP contribution in [-0.4, -0.2) is 47.9 Å². The summed E-state index contributed by atoms with van der Waals surface area (Å²) in [5.74, 6) is 1.31. The zero-order chi connectivity index (χ0) is 22.2. The summed E-state index contributed by atoms with van der Waals surface area (Å²) in [4.78, 5) is 31.5. The van der Waals surface area contributed by atoms with Crippen LogP contribution in [0.5, 0.6) is 11.5 Å². The van der Waals surface area contributed by atoms with Crippen LogP contribution in [0.25, 0.3) is 0 Å². The van der Waals surface area contributed by atoms with Crippen molar-refractivity contribution < 1.29 is 19.1 Å². The molecule has 1 saturated heterocycles. The Bertz CT molecular complexity index is 929. The minimum absolute atomic E-state index is 0.0967. The largest absolute Gasteiger partial charge is 0.497 e. The number of thioether (sulfide) groups is 1. The van der Waals surface area contributed by atoms with Gasteiger partial charge in [-0.3, -0.25) is 19.5 Å². The van der Waals surface area contributed by atoms with Crippen LogP contribution in [0, 0.1) is 0 Å². The van der Waals surface area contributed by atoms with E-state index < -0.39 is 5.25 Å². The van der Waals surface area contributed by atoms with Crippen molar-refractivity contribution in [2.45, 2.75) is 31.7 Å². The number of amidine groups is 1. The first-order valence-corrected chi connectivity index (χ1v) is 11.0. The average Bonchev–Trinajstić information content (AvgIpc) is 3.07. The van der Waals surface area contributed by atoms with Gasteiger partial charge in [0.05, 0.1) is 27.3 Å². The molecule has 1 aliphatic heterocycles. The van der Waals surface area contributed by atoms with Crippen molar-refractivity contribution in [3.8, 4) is 11.5 Å². The summed E-state index contributed by atoms with van der Waals surface area (Å²) in [6.07, 6.45) is 0.137. The molecule has 164 valence electrons. The Labute approximate surface area is 186 Å². The molecule has 2 amide bonds. The Morgan fingerprint density at radius 1 is 1.03 bits per heavy atom. The number of benzene rings is 2. The summed E-state index contributed by atoms with van der Waals surface area (Å²) in [6.45, 7) is 3.23. The third-order valence-electron chi connectivity index (χ3n) is 4.82. The van der Waals surface area contributed by atoms with Gasteiger partial charge in [-0.05, 0) is 42.3 Å². The lowest BCUT2D eigenvalue weighted by atomic mass is 10.2. The van der Waals surface area contributed by atoms with Crippen LogP contribution < -0.4 is 14.8 Å². The first-order valence-electron chi connectivity index (χ1n) is 10.1. The second-order valence-electron chi connectivity index (χ2n) is 6.98. The van der Waals surface area contributed by atoms with Crippen LogP contribution >= 0.6 is 11.8 Å². The molecule has 1 aliphatic rings. The molecule has 0 bridgehead atoms. The molecule has 0 aromatic heterocycles. The van der Waals surface area contributed by atoms with Crippen molar-refractivity contribution in [2.75, 3.05) is 20.8 Å². The molecule has 2 aromatic carbocycles. The van der Waals surface area contributed by atoms with E-state index in [0.717, 1.165) is 22.6 Å². The number of rotatable bonds is 9. The molecule has 0 saturated carbocycles. The Kier molecular flexibility index (Phi) is 7.94. The monoisotopic (exact) mass is 441 g/mol. The number of hydrogen-bond donors (Lipinski definition) is 1. The third-order valence-corrected chi connectivity index (χ3v) is 6.03. The van der Waals surface area contributed by atoms with Gasteiger partial charge in [0.15, 0.2) is 5.17 Å². The predicted octanol–water partition coefficient (Wildman–Crippen LogP) is 3.23.